The van der Waals surface area contributed by atoms with E-state index in [1.165, 1.54) is 13.2 Å². The van der Waals surface area contributed by atoms with Crippen LogP contribution in [0.15, 0.2) is 24.3 Å². The first-order chi connectivity index (χ1) is 8.17. The lowest BCUT2D eigenvalue weighted by atomic mass is 10.1. The lowest BCUT2D eigenvalue weighted by Gasteiger charge is -2.09. The van der Waals surface area contributed by atoms with Crippen LogP contribution in [-0.2, 0) is 0 Å². The molecule has 5 heteroatoms. The minimum atomic E-state index is -1.06. The van der Waals surface area contributed by atoms with Crippen LogP contribution >= 0.6 is 0 Å². The summed E-state index contributed by atoms with van der Waals surface area (Å²) in [4.78, 5) is 15.1. The minimum Gasteiger partial charge on any atom is -0.494 e. The number of carbonyl (C=O) groups is 1. The molecule has 1 aromatic heterocycles. The zero-order chi connectivity index (χ0) is 12.4. The second kappa shape index (κ2) is 4.29. The molecule has 1 aromatic carbocycles. The highest BCUT2D eigenvalue weighted by molar-refractivity contribution is 5.99. The number of nitrogens with one attached hydrogen (secondary N) is 1. The summed E-state index contributed by atoms with van der Waals surface area (Å²) in [5, 5.41) is 12.8. The first-order valence-electron chi connectivity index (χ1n) is 5.06. The number of aromatic carboxylic acids is 1. The van der Waals surface area contributed by atoms with Gasteiger partial charge in [0.15, 0.2) is 5.69 Å². The molecule has 17 heavy (non-hydrogen) atoms. The molecule has 0 aliphatic heterocycles. The van der Waals surface area contributed by atoms with Crippen LogP contribution in [0.5, 0.6) is 5.75 Å². The molecule has 0 amide bonds. The Balaban J connectivity index is 2.82. The summed E-state index contributed by atoms with van der Waals surface area (Å²) in [7, 11) is 3.27. The molecule has 88 valence electrons. The van der Waals surface area contributed by atoms with Crippen LogP contribution in [0.4, 0.5) is 5.69 Å². The van der Waals surface area contributed by atoms with Crippen molar-refractivity contribution >= 4 is 22.6 Å². The Morgan fingerprint density at radius 2 is 2.24 bits per heavy atom. The van der Waals surface area contributed by atoms with Gasteiger partial charge in [-0.2, -0.15) is 0 Å². The molecule has 2 N–H and O–H groups in total. The first kappa shape index (κ1) is 11.2. The predicted octanol–water partition coefficient (Wildman–Crippen LogP) is 1.98. The van der Waals surface area contributed by atoms with E-state index in [2.05, 4.69) is 10.3 Å². The van der Waals surface area contributed by atoms with Crippen LogP contribution in [0.1, 0.15) is 10.5 Å². The molecular weight excluding hydrogens is 220 g/mol. The molecule has 0 spiro atoms. The summed E-state index contributed by atoms with van der Waals surface area (Å²) in [5.74, 6) is -0.503. The van der Waals surface area contributed by atoms with Crippen molar-refractivity contribution in [2.24, 2.45) is 0 Å². The predicted molar refractivity (Wildman–Crippen MR) is 64.8 cm³/mol. The molecule has 2 aromatic rings. The van der Waals surface area contributed by atoms with Gasteiger partial charge in [-0.25, -0.2) is 9.78 Å². The summed E-state index contributed by atoms with van der Waals surface area (Å²) in [6.45, 7) is 0. The van der Waals surface area contributed by atoms with Crippen LogP contribution in [0.25, 0.3) is 10.9 Å². The van der Waals surface area contributed by atoms with Crippen molar-refractivity contribution in [2.75, 3.05) is 19.5 Å². The van der Waals surface area contributed by atoms with Gasteiger partial charge in [0, 0.05) is 18.1 Å². The fourth-order valence-electron chi connectivity index (χ4n) is 1.70. The van der Waals surface area contributed by atoms with Gasteiger partial charge in [-0.05, 0) is 12.1 Å². The number of carboxylic acid groups (broad SMARTS) is 1. The summed E-state index contributed by atoms with van der Waals surface area (Å²) >= 11 is 0. The Bertz CT molecular complexity index is 581. The van der Waals surface area contributed by atoms with E-state index in [0.29, 0.717) is 17.0 Å². The fraction of sp³-hybridized carbons (Fsp3) is 0.167. The number of fused-ring (bicyclic) bond motifs is 1. The molecule has 5 nitrogen and oxygen atoms in total. The number of benzene rings is 1. The number of anilines is 1. The molecule has 0 unspecified atom stereocenters. The van der Waals surface area contributed by atoms with Crippen molar-refractivity contribution in [3.8, 4) is 5.75 Å². The maximum atomic E-state index is 11.0. The Hall–Kier alpha value is -2.30. The normalized spacial score (nSPS) is 10.2. The van der Waals surface area contributed by atoms with E-state index < -0.39 is 5.97 Å². The smallest absolute Gasteiger partial charge is 0.354 e. The second-order valence-corrected chi connectivity index (χ2v) is 3.47. The first-order valence-corrected chi connectivity index (χ1v) is 5.06. The number of rotatable bonds is 3. The third-order valence-corrected chi connectivity index (χ3v) is 2.51. The Labute approximate surface area is 98.0 Å². The summed E-state index contributed by atoms with van der Waals surface area (Å²) in [5.41, 5.74) is 1.25. The third-order valence-electron chi connectivity index (χ3n) is 2.51. The highest BCUT2D eigenvalue weighted by atomic mass is 16.5. The van der Waals surface area contributed by atoms with Gasteiger partial charge in [0.1, 0.15) is 11.3 Å². The van der Waals surface area contributed by atoms with Crippen molar-refractivity contribution in [3.63, 3.8) is 0 Å². The van der Waals surface area contributed by atoms with E-state index in [0.717, 1.165) is 5.39 Å². The number of hydrogen-bond acceptors (Lipinski definition) is 4. The van der Waals surface area contributed by atoms with Crippen molar-refractivity contribution in [1.29, 1.82) is 0 Å². The zero-order valence-corrected chi connectivity index (χ0v) is 9.52. The number of hydrogen-bond donors (Lipinski definition) is 2. The van der Waals surface area contributed by atoms with Gasteiger partial charge in [-0.3, -0.25) is 0 Å². The Morgan fingerprint density at radius 3 is 2.82 bits per heavy atom. The lowest BCUT2D eigenvalue weighted by molar-refractivity contribution is 0.0691. The highest BCUT2D eigenvalue weighted by Crippen LogP contribution is 2.29. The second-order valence-electron chi connectivity index (χ2n) is 3.47. The van der Waals surface area contributed by atoms with E-state index in [4.69, 9.17) is 9.84 Å². The van der Waals surface area contributed by atoms with Gasteiger partial charge < -0.3 is 15.2 Å². The van der Waals surface area contributed by atoms with Gasteiger partial charge in [0.25, 0.3) is 0 Å². The number of para-hydroxylation sites is 1. The van der Waals surface area contributed by atoms with Gasteiger partial charge >= 0.3 is 5.97 Å². The lowest BCUT2D eigenvalue weighted by Crippen LogP contribution is -2.03. The minimum absolute atomic E-state index is 0.00801. The van der Waals surface area contributed by atoms with E-state index >= 15 is 0 Å². The fourth-order valence-corrected chi connectivity index (χ4v) is 1.70. The molecular formula is C12H12N2O3. The van der Waals surface area contributed by atoms with Gasteiger partial charge in [0.05, 0.1) is 7.11 Å². The Kier molecular flexibility index (Phi) is 2.82. The van der Waals surface area contributed by atoms with E-state index in [1.807, 2.05) is 12.1 Å². The van der Waals surface area contributed by atoms with Gasteiger partial charge in [0.2, 0.25) is 0 Å². The molecule has 0 radical (unpaired) electrons. The van der Waals surface area contributed by atoms with Gasteiger partial charge in [-0.1, -0.05) is 12.1 Å². The van der Waals surface area contributed by atoms with Gasteiger partial charge in [-0.15, -0.1) is 0 Å². The van der Waals surface area contributed by atoms with Crippen LogP contribution in [0.3, 0.4) is 0 Å². The molecule has 0 aliphatic rings. The average molecular weight is 232 g/mol. The maximum Gasteiger partial charge on any atom is 0.354 e. The third kappa shape index (κ3) is 1.87. The summed E-state index contributed by atoms with van der Waals surface area (Å²) in [6.07, 6.45) is 0. The highest BCUT2D eigenvalue weighted by Gasteiger charge is 2.12. The summed E-state index contributed by atoms with van der Waals surface area (Å²) in [6, 6.07) is 6.96. The number of pyridine rings is 1. The molecule has 0 atom stereocenters. The van der Waals surface area contributed by atoms with E-state index in [9.17, 15) is 4.79 Å². The number of aromatic nitrogens is 1. The van der Waals surface area contributed by atoms with Crippen molar-refractivity contribution in [2.45, 2.75) is 0 Å². The molecule has 0 bridgehead atoms. The number of methoxy groups -OCH3 is 1. The van der Waals surface area contributed by atoms with Crippen molar-refractivity contribution in [1.82, 2.24) is 4.98 Å². The van der Waals surface area contributed by atoms with E-state index in [-0.39, 0.29) is 5.69 Å². The molecule has 0 fully saturated rings. The standard InChI is InChI=1S/C12H12N2O3/c1-13-8-6-9(12(15)16)14-11-7(8)4-3-5-10(11)17-2/h3-6H,1-2H3,(H,13,14)(H,15,16). The van der Waals surface area contributed by atoms with Crippen molar-refractivity contribution in [3.05, 3.63) is 30.0 Å². The number of carboxylic acids is 1. The Morgan fingerprint density at radius 1 is 1.47 bits per heavy atom. The van der Waals surface area contributed by atoms with Crippen LogP contribution < -0.4 is 10.1 Å². The van der Waals surface area contributed by atoms with Crippen LogP contribution in [-0.4, -0.2) is 30.2 Å². The van der Waals surface area contributed by atoms with Crippen molar-refractivity contribution < 1.29 is 14.6 Å². The number of nitrogens with zero attached hydrogens (tertiary/aromatic N) is 1. The van der Waals surface area contributed by atoms with Crippen LogP contribution in [0.2, 0.25) is 0 Å². The molecule has 0 saturated carbocycles. The van der Waals surface area contributed by atoms with E-state index in [1.54, 1.807) is 13.1 Å². The average Bonchev–Trinajstić information content (AvgIpc) is 2.36. The quantitative estimate of drug-likeness (QED) is 0.846. The maximum absolute atomic E-state index is 11.0. The monoisotopic (exact) mass is 232 g/mol. The summed E-state index contributed by atoms with van der Waals surface area (Å²) < 4.78 is 5.18. The van der Waals surface area contributed by atoms with Crippen LogP contribution in [0, 0.1) is 0 Å². The zero-order valence-electron chi connectivity index (χ0n) is 9.52. The molecule has 1 heterocycles. The topological polar surface area (TPSA) is 71.5 Å². The molecule has 2 rings (SSSR count). The molecule has 0 saturated heterocycles. The number of ether oxygens (including phenoxy) is 1. The molecule has 0 aliphatic carbocycles. The largest absolute Gasteiger partial charge is 0.494 e. The SMILES string of the molecule is CNc1cc(C(=O)O)nc2c(OC)cccc12.